The molecule has 0 saturated carbocycles. The number of ether oxygens (including phenoxy) is 2. The number of nitrogens with zero attached hydrogens (tertiary/aromatic N) is 2. The monoisotopic (exact) mass is 300 g/mol. The zero-order chi connectivity index (χ0) is 14.8. The van der Waals surface area contributed by atoms with Gasteiger partial charge in [-0.2, -0.15) is 0 Å². The molecule has 0 saturated heterocycles. The predicted octanol–water partition coefficient (Wildman–Crippen LogP) is 2.25. The predicted molar refractivity (Wildman–Crippen MR) is 78.1 cm³/mol. The second kappa shape index (κ2) is 9.69. The van der Waals surface area contributed by atoms with Crippen LogP contribution >= 0.6 is 11.6 Å². The summed E-state index contributed by atoms with van der Waals surface area (Å²) < 4.78 is 10.6. The number of aromatic nitrogens is 1. The number of carbonyl (C=O) groups is 1. The van der Waals surface area contributed by atoms with Gasteiger partial charge in [0.05, 0.1) is 18.8 Å². The molecule has 1 rings (SSSR count). The number of hydrogen-bond donors (Lipinski definition) is 0. The Bertz CT molecular complexity index is 388. The number of pyridine rings is 1. The highest BCUT2D eigenvalue weighted by Gasteiger charge is 2.15. The maximum atomic E-state index is 12.4. The largest absolute Gasteiger partial charge is 0.380 e. The van der Waals surface area contributed by atoms with Crippen molar-refractivity contribution in [2.45, 2.75) is 13.8 Å². The van der Waals surface area contributed by atoms with E-state index in [2.05, 4.69) is 4.98 Å². The van der Waals surface area contributed by atoms with Crippen molar-refractivity contribution in [3.63, 3.8) is 0 Å². The lowest BCUT2D eigenvalue weighted by Gasteiger charge is -2.22. The molecular formula is C14H21ClN2O3. The van der Waals surface area contributed by atoms with Crippen molar-refractivity contribution in [1.82, 2.24) is 9.88 Å². The number of halogens is 1. The van der Waals surface area contributed by atoms with Crippen molar-refractivity contribution < 1.29 is 14.3 Å². The molecule has 0 unspecified atom stereocenters. The van der Waals surface area contributed by atoms with E-state index in [9.17, 15) is 4.79 Å². The zero-order valence-corrected chi connectivity index (χ0v) is 12.7. The molecule has 0 aliphatic rings. The van der Waals surface area contributed by atoms with Gasteiger partial charge in [-0.25, -0.2) is 4.98 Å². The van der Waals surface area contributed by atoms with Gasteiger partial charge in [0.15, 0.2) is 0 Å². The van der Waals surface area contributed by atoms with Crippen LogP contribution in [0.3, 0.4) is 0 Å². The number of hydrogen-bond acceptors (Lipinski definition) is 4. The summed E-state index contributed by atoms with van der Waals surface area (Å²) in [5.74, 6) is -0.0893. The second-order valence-electron chi connectivity index (χ2n) is 4.06. The van der Waals surface area contributed by atoms with Crippen LogP contribution in [0, 0.1) is 0 Å². The molecule has 0 fully saturated rings. The van der Waals surface area contributed by atoms with Crippen molar-refractivity contribution in [3.8, 4) is 0 Å². The van der Waals surface area contributed by atoms with Crippen molar-refractivity contribution in [3.05, 3.63) is 29.0 Å². The molecule has 0 bridgehead atoms. The molecule has 112 valence electrons. The summed E-state index contributed by atoms with van der Waals surface area (Å²) in [6.45, 7) is 7.20. The first-order chi connectivity index (χ1) is 9.69. The van der Waals surface area contributed by atoms with E-state index in [-0.39, 0.29) is 5.91 Å². The van der Waals surface area contributed by atoms with Crippen LogP contribution in [0.5, 0.6) is 0 Å². The maximum Gasteiger partial charge on any atom is 0.255 e. The van der Waals surface area contributed by atoms with Crippen LogP contribution in [-0.2, 0) is 9.47 Å². The lowest BCUT2D eigenvalue weighted by Crippen LogP contribution is -2.36. The summed E-state index contributed by atoms with van der Waals surface area (Å²) in [5, 5.41) is 0.372. The van der Waals surface area contributed by atoms with E-state index in [1.54, 1.807) is 17.0 Å². The Morgan fingerprint density at radius 1 is 1.20 bits per heavy atom. The van der Waals surface area contributed by atoms with E-state index in [0.29, 0.717) is 50.2 Å². The normalized spacial score (nSPS) is 10.6. The topological polar surface area (TPSA) is 51.7 Å². The molecule has 0 spiro atoms. The molecule has 0 aromatic carbocycles. The van der Waals surface area contributed by atoms with Crippen LogP contribution in [0.25, 0.3) is 0 Å². The van der Waals surface area contributed by atoms with E-state index in [4.69, 9.17) is 21.1 Å². The van der Waals surface area contributed by atoms with Gasteiger partial charge in [-0.3, -0.25) is 4.79 Å². The number of rotatable bonds is 9. The molecule has 20 heavy (non-hydrogen) atoms. The van der Waals surface area contributed by atoms with Crippen molar-refractivity contribution in [1.29, 1.82) is 0 Å². The summed E-state index contributed by atoms with van der Waals surface area (Å²) in [6.07, 6.45) is 1.49. The van der Waals surface area contributed by atoms with Gasteiger partial charge >= 0.3 is 0 Å². The van der Waals surface area contributed by atoms with Gasteiger partial charge in [0.1, 0.15) is 5.15 Å². The molecule has 0 radical (unpaired) electrons. The highest BCUT2D eigenvalue weighted by molar-refractivity contribution is 6.29. The second-order valence-corrected chi connectivity index (χ2v) is 4.44. The molecule has 0 atom stereocenters. The van der Waals surface area contributed by atoms with E-state index in [1.165, 1.54) is 6.20 Å². The average molecular weight is 301 g/mol. The van der Waals surface area contributed by atoms with Crippen molar-refractivity contribution in [2.75, 3.05) is 39.5 Å². The van der Waals surface area contributed by atoms with Crippen LogP contribution < -0.4 is 0 Å². The molecule has 1 heterocycles. The molecule has 1 amide bonds. The van der Waals surface area contributed by atoms with Crippen LogP contribution in [0.15, 0.2) is 18.3 Å². The first-order valence-electron chi connectivity index (χ1n) is 6.75. The van der Waals surface area contributed by atoms with Gasteiger partial charge in [0, 0.05) is 32.5 Å². The SMILES string of the molecule is CCOCCN(CCOCC)C(=O)c1ccc(Cl)nc1. The molecule has 5 nitrogen and oxygen atoms in total. The number of amides is 1. The molecular weight excluding hydrogens is 280 g/mol. The summed E-state index contributed by atoms with van der Waals surface area (Å²) in [7, 11) is 0. The summed E-state index contributed by atoms with van der Waals surface area (Å²) in [4.78, 5) is 18.0. The molecule has 0 N–H and O–H groups in total. The Morgan fingerprint density at radius 3 is 2.25 bits per heavy atom. The Morgan fingerprint density at radius 2 is 1.80 bits per heavy atom. The van der Waals surface area contributed by atoms with E-state index in [0.717, 1.165) is 0 Å². The molecule has 6 heteroatoms. The maximum absolute atomic E-state index is 12.4. The van der Waals surface area contributed by atoms with Gasteiger partial charge in [-0.1, -0.05) is 11.6 Å². The van der Waals surface area contributed by atoms with Crippen molar-refractivity contribution in [2.24, 2.45) is 0 Å². The minimum atomic E-state index is -0.0893. The van der Waals surface area contributed by atoms with Crippen LogP contribution in [-0.4, -0.2) is 55.3 Å². The molecule has 0 aliphatic heterocycles. The molecule has 1 aromatic heterocycles. The van der Waals surface area contributed by atoms with Crippen LogP contribution in [0.1, 0.15) is 24.2 Å². The van der Waals surface area contributed by atoms with Gasteiger partial charge in [0.2, 0.25) is 0 Å². The van der Waals surface area contributed by atoms with Crippen LogP contribution in [0.2, 0.25) is 5.15 Å². The fourth-order valence-corrected chi connectivity index (χ4v) is 1.75. The van der Waals surface area contributed by atoms with Crippen molar-refractivity contribution >= 4 is 17.5 Å². The quantitative estimate of drug-likeness (QED) is 0.518. The third kappa shape index (κ3) is 5.86. The fourth-order valence-electron chi connectivity index (χ4n) is 1.64. The molecule has 0 aliphatic carbocycles. The van der Waals surface area contributed by atoms with E-state index in [1.807, 2.05) is 13.8 Å². The zero-order valence-electron chi connectivity index (χ0n) is 12.0. The summed E-state index contributed by atoms with van der Waals surface area (Å²) in [5.41, 5.74) is 0.516. The summed E-state index contributed by atoms with van der Waals surface area (Å²) in [6, 6.07) is 3.28. The van der Waals surface area contributed by atoms with E-state index >= 15 is 0 Å². The van der Waals surface area contributed by atoms with E-state index < -0.39 is 0 Å². The third-order valence-electron chi connectivity index (χ3n) is 2.68. The Balaban J connectivity index is 2.63. The van der Waals surface area contributed by atoms with Gasteiger partial charge < -0.3 is 14.4 Å². The summed E-state index contributed by atoms with van der Waals surface area (Å²) >= 11 is 5.72. The Kier molecular flexibility index (Phi) is 8.18. The Labute approximate surface area is 124 Å². The highest BCUT2D eigenvalue weighted by atomic mass is 35.5. The van der Waals surface area contributed by atoms with Crippen LogP contribution in [0.4, 0.5) is 0 Å². The Hall–Kier alpha value is -1.17. The van der Waals surface area contributed by atoms with Gasteiger partial charge in [-0.05, 0) is 26.0 Å². The highest BCUT2D eigenvalue weighted by Crippen LogP contribution is 2.08. The third-order valence-corrected chi connectivity index (χ3v) is 2.90. The lowest BCUT2D eigenvalue weighted by atomic mass is 10.2. The smallest absolute Gasteiger partial charge is 0.255 e. The average Bonchev–Trinajstić information content (AvgIpc) is 2.46. The first kappa shape index (κ1) is 16.9. The standard InChI is InChI=1S/C14H21ClN2O3/c1-3-19-9-7-17(8-10-20-4-2)14(18)12-5-6-13(15)16-11-12/h5-6,11H,3-4,7-10H2,1-2H3. The minimum absolute atomic E-state index is 0.0893. The fraction of sp³-hybridized carbons (Fsp3) is 0.571. The first-order valence-corrected chi connectivity index (χ1v) is 7.13. The molecule has 1 aromatic rings. The van der Waals surface area contributed by atoms with Gasteiger partial charge in [-0.15, -0.1) is 0 Å². The minimum Gasteiger partial charge on any atom is -0.380 e. The van der Waals surface area contributed by atoms with Gasteiger partial charge in [0.25, 0.3) is 5.91 Å². The lowest BCUT2D eigenvalue weighted by molar-refractivity contribution is 0.0549. The number of carbonyl (C=O) groups excluding carboxylic acids is 1.